The molecule has 1 spiro atoms. The molecule has 0 aromatic heterocycles. The minimum absolute atomic E-state index is 0. The molecule has 4 aliphatic carbocycles. The van der Waals surface area contributed by atoms with Gasteiger partial charge in [0.1, 0.15) is 0 Å². The molecule has 0 N–H and O–H groups in total. The van der Waals surface area contributed by atoms with E-state index < -0.39 is 0 Å². The van der Waals surface area contributed by atoms with Crippen molar-refractivity contribution >= 4 is 17.0 Å². The molecule has 0 bridgehead atoms. The molecule has 8 atom stereocenters. The van der Waals surface area contributed by atoms with Crippen molar-refractivity contribution in [1.82, 2.24) is 9.80 Å². The highest BCUT2D eigenvalue weighted by Crippen LogP contribution is 2.68. The Morgan fingerprint density at radius 2 is 1.78 bits per heavy atom. The molecule has 1 aliphatic heterocycles. The third-order valence-corrected chi connectivity index (χ3v) is 10.4. The van der Waals surface area contributed by atoms with Crippen LogP contribution in [0.25, 0.3) is 0 Å². The fourth-order valence-corrected chi connectivity index (χ4v) is 8.88. The number of hydrogen-bond donors (Lipinski definition) is 0. The summed E-state index contributed by atoms with van der Waals surface area (Å²) >= 11 is 0. The summed E-state index contributed by atoms with van der Waals surface area (Å²) < 4.78 is 0. The van der Waals surface area contributed by atoms with E-state index in [4.69, 9.17) is 0 Å². The average molecular weight is 438 g/mol. The molecule has 0 unspecified atom stereocenters. The zero-order valence-corrected chi connectivity index (χ0v) is 19.9. The smallest absolute Gasteiger partial charge is 0.0127 e. The van der Waals surface area contributed by atoms with Gasteiger partial charge in [0.2, 0.25) is 0 Å². The minimum Gasteiger partial charge on any atom is -0.306 e. The number of likely N-dealkylation sites (tertiary alicyclic amines) is 1. The highest BCUT2D eigenvalue weighted by molar-refractivity contribution is 8.93. The van der Waals surface area contributed by atoms with E-state index in [0.717, 1.165) is 35.8 Å². The van der Waals surface area contributed by atoms with E-state index in [-0.39, 0.29) is 17.0 Å². The molecule has 1 heterocycles. The van der Waals surface area contributed by atoms with Gasteiger partial charge >= 0.3 is 0 Å². The third kappa shape index (κ3) is 2.70. The second-order valence-electron chi connectivity index (χ2n) is 11.2. The Balaban J connectivity index is 0.00000180. The molecule has 27 heavy (non-hydrogen) atoms. The Morgan fingerprint density at radius 1 is 1.04 bits per heavy atom. The summed E-state index contributed by atoms with van der Waals surface area (Å²) in [5, 5.41) is 0. The molecule has 0 aromatic carbocycles. The van der Waals surface area contributed by atoms with Crippen molar-refractivity contribution in [1.29, 1.82) is 0 Å². The van der Waals surface area contributed by atoms with Gasteiger partial charge in [-0.05, 0) is 114 Å². The molecule has 3 saturated carbocycles. The first-order chi connectivity index (χ1) is 12.4. The third-order valence-electron chi connectivity index (χ3n) is 10.4. The molecule has 154 valence electrons. The molecule has 0 amide bonds. The standard InChI is InChI=1S/C24H40N2.BrH/c1-16-20-8-9-22-19-7-6-17-14-18(25(3)4)10-12-23(17,2)21(19)11-13-24(20,22)15-26(16)5;/h6,16,18-22H,7-15H2,1-5H3;1H/t16-,18-,19+,20+,21-,22-,23-,24-;/m0./s1. The summed E-state index contributed by atoms with van der Waals surface area (Å²) in [6, 6.07) is 1.60. The van der Waals surface area contributed by atoms with Crippen molar-refractivity contribution in [3.8, 4) is 0 Å². The van der Waals surface area contributed by atoms with Gasteiger partial charge in [0.05, 0.1) is 0 Å². The summed E-state index contributed by atoms with van der Waals surface area (Å²) in [6.07, 6.45) is 14.4. The van der Waals surface area contributed by atoms with E-state index in [1.54, 1.807) is 0 Å². The fourth-order valence-electron chi connectivity index (χ4n) is 8.88. The van der Waals surface area contributed by atoms with Crippen molar-refractivity contribution in [3.63, 3.8) is 0 Å². The van der Waals surface area contributed by atoms with Crippen LogP contribution in [-0.2, 0) is 0 Å². The largest absolute Gasteiger partial charge is 0.306 e. The Hall–Kier alpha value is 0.140. The van der Waals surface area contributed by atoms with Gasteiger partial charge in [0.25, 0.3) is 0 Å². The average Bonchev–Trinajstić information content (AvgIpc) is 3.08. The Bertz CT molecular complexity index is 616. The maximum atomic E-state index is 2.74. The summed E-state index contributed by atoms with van der Waals surface area (Å²) in [5.41, 5.74) is 3.04. The zero-order chi connectivity index (χ0) is 18.3. The Kier molecular flexibility index (Phi) is 5.17. The number of rotatable bonds is 1. The predicted octanol–water partition coefficient (Wildman–Crippen LogP) is 5.39. The summed E-state index contributed by atoms with van der Waals surface area (Å²) in [7, 11) is 6.95. The van der Waals surface area contributed by atoms with E-state index in [1.807, 2.05) is 5.57 Å². The molecular formula is C24H41BrN2. The van der Waals surface area contributed by atoms with Crippen molar-refractivity contribution in [3.05, 3.63) is 11.6 Å². The van der Waals surface area contributed by atoms with Crippen LogP contribution >= 0.6 is 17.0 Å². The quantitative estimate of drug-likeness (QED) is 0.508. The molecule has 5 rings (SSSR count). The number of allylic oxidation sites excluding steroid dienone is 1. The van der Waals surface area contributed by atoms with E-state index in [1.165, 1.54) is 57.9 Å². The highest BCUT2D eigenvalue weighted by atomic mass is 79.9. The van der Waals surface area contributed by atoms with Gasteiger partial charge in [0, 0.05) is 18.6 Å². The van der Waals surface area contributed by atoms with Crippen LogP contribution in [0.15, 0.2) is 11.6 Å². The molecule has 2 nitrogen and oxygen atoms in total. The molecule has 0 radical (unpaired) electrons. The van der Waals surface area contributed by atoms with Crippen molar-refractivity contribution in [2.75, 3.05) is 27.7 Å². The number of nitrogens with zero attached hydrogens (tertiary/aromatic N) is 2. The molecule has 5 aliphatic rings. The van der Waals surface area contributed by atoms with Crippen LogP contribution in [0, 0.1) is 34.5 Å². The van der Waals surface area contributed by atoms with E-state index in [0.29, 0.717) is 10.8 Å². The van der Waals surface area contributed by atoms with Gasteiger partial charge in [-0.25, -0.2) is 0 Å². The van der Waals surface area contributed by atoms with Crippen LogP contribution < -0.4 is 0 Å². The van der Waals surface area contributed by atoms with Gasteiger partial charge in [-0.2, -0.15) is 0 Å². The Morgan fingerprint density at radius 3 is 2.52 bits per heavy atom. The maximum absolute atomic E-state index is 2.74. The summed E-state index contributed by atoms with van der Waals surface area (Å²) in [4.78, 5) is 5.17. The van der Waals surface area contributed by atoms with Gasteiger partial charge in [0.15, 0.2) is 0 Å². The first kappa shape index (κ1) is 20.4. The number of hydrogen-bond acceptors (Lipinski definition) is 2. The van der Waals surface area contributed by atoms with Crippen LogP contribution in [-0.4, -0.2) is 49.6 Å². The molecule has 4 fully saturated rings. The van der Waals surface area contributed by atoms with Gasteiger partial charge in [-0.15, -0.1) is 17.0 Å². The van der Waals surface area contributed by atoms with Crippen LogP contribution in [0.2, 0.25) is 0 Å². The van der Waals surface area contributed by atoms with E-state index >= 15 is 0 Å². The van der Waals surface area contributed by atoms with Crippen molar-refractivity contribution < 1.29 is 0 Å². The van der Waals surface area contributed by atoms with Crippen LogP contribution in [0.4, 0.5) is 0 Å². The fraction of sp³-hybridized carbons (Fsp3) is 0.917. The summed E-state index contributed by atoms with van der Waals surface area (Å²) in [6.45, 7) is 6.56. The van der Waals surface area contributed by atoms with Crippen molar-refractivity contribution in [2.24, 2.45) is 34.5 Å². The van der Waals surface area contributed by atoms with Crippen molar-refractivity contribution in [2.45, 2.75) is 77.3 Å². The highest BCUT2D eigenvalue weighted by Gasteiger charge is 2.63. The second kappa shape index (κ2) is 6.84. The predicted molar refractivity (Wildman–Crippen MR) is 119 cm³/mol. The van der Waals surface area contributed by atoms with Gasteiger partial charge in [-0.3, -0.25) is 0 Å². The van der Waals surface area contributed by atoms with Crippen LogP contribution in [0.3, 0.4) is 0 Å². The van der Waals surface area contributed by atoms with Gasteiger partial charge < -0.3 is 9.80 Å². The SMILES string of the molecule is Br.C[C@H]1[C@H]2CC[C@H]3[C@@H]4CC=C5C[C@@H](N(C)C)CC[C@]5(C)[C@H]4CC[C@]23CN1C. The lowest BCUT2D eigenvalue weighted by molar-refractivity contribution is -0.0430. The van der Waals surface area contributed by atoms with Crippen LogP contribution in [0.5, 0.6) is 0 Å². The molecule has 0 aromatic rings. The lowest BCUT2D eigenvalue weighted by atomic mass is 9.47. The molecule has 1 saturated heterocycles. The van der Waals surface area contributed by atoms with Gasteiger partial charge in [-0.1, -0.05) is 18.6 Å². The second-order valence-corrected chi connectivity index (χ2v) is 11.2. The zero-order valence-electron chi connectivity index (χ0n) is 18.2. The maximum Gasteiger partial charge on any atom is 0.0127 e. The minimum atomic E-state index is 0. The lowest BCUT2D eigenvalue weighted by Gasteiger charge is -2.58. The normalized spacial score (nSPS) is 51.7. The Labute approximate surface area is 177 Å². The summed E-state index contributed by atoms with van der Waals surface area (Å²) in [5.74, 6) is 3.96. The first-order valence-corrected chi connectivity index (χ1v) is 11.4. The van der Waals surface area contributed by atoms with E-state index in [9.17, 15) is 0 Å². The first-order valence-electron chi connectivity index (χ1n) is 11.4. The number of halogens is 1. The molecular weight excluding hydrogens is 396 g/mol. The van der Waals surface area contributed by atoms with E-state index in [2.05, 4.69) is 50.9 Å². The topological polar surface area (TPSA) is 6.48 Å². The number of fused-ring (bicyclic) bond motifs is 4. The van der Waals surface area contributed by atoms with Crippen LogP contribution in [0.1, 0.15) is 65.2 Å². The monoisotopic (exact) mass is 436 g/mol. The lowest BCUT2D eigenvalue weighted by Crippen LogP contribution is -2.52. The molecule has 3 heteroatoms.